The van der Waals surface area contributed by atoms with Crippen molar-refractivity contribution in [2.45, 2.75) is 13.5 Å². The van der Waals surface area contributed by atoms with Gasteiger partial charge in [-0.15, -0.1) is 11.3 Å². The van der Waals surface area contributed by atoms with E-state index in [1.807, 2.05) is 39.3 Å². The molecule has 0 atom stereocenters. The van der Waals surface area contributed by atoms with E-state index in [2.05, 4.69) is 31.2 Å². The van der Waals surface area contributed by atoms with Gasteiger partial charge in [0.05, 0.1) is 11.4 Å². The van der Waals surface area contributed by atoms with Gasteiger partial charge in [0, 0.05) is 32.7 Å². The highest BCUT2D eigenvalue weighted by Crippen LogP contribution is 2.14. The van der Waals surface area contributed by atoms with Crippen molar-refractivity contribution < 1.29 is 9.59 Å². The van der Waals surface area contributed by atoms with Crippen molar-refractivity contribution in [3.63, 3.8) is 0 Å². The Kier molecular flexibility index (Phi) is 6.06. The van der Waals surface area contributed by atoms with Crippen LogP contribution in [0.5, 0.6) is 0 Å². The van der Waals surface area contributed by atoms with E-state index < -0.39 is 0 Å². The first kappa shape index (κ1) is 18.6. The summed E-state index contributed by atoms with van der Waals surface area (Å²) in [4.78, 5) is 31.4. The van der Waals surface area contributed by atoms with Crippen LogP contribution in [0.15, 0.2) is 41.8 Å². The first-order valence-corrected chi connectivity index (χ1v) is 9.75. The number of carbonyl (C=O) groups excluding carboxylic acids is 2. The van der Waals surface area contributed by atoms with E-state index in [1.54, 1.807) is 0 Å². The molecular formula is C20H25N3O2S. The van der Waals surface area contributed by atoms with Gasteiger partial charge in [0.25, 0.3) is 5.91 Å². The molecule has 0 saturated carbocycles. The molecule has 1 aromatic carbocycles. The highest BCUT2D eigenvalue weighted by molar-refractivity contribution is 7.12. The first-order valence-electron chi connectivity index (χ1n) is 8.87. The van der Waals surface area contributed by atoms with Gasteiger partial charge >= 0.3 is 0 Å². The van der Waals surface area contributed by atoms with Gasteiger partial charge in [-0.1, -0.05) is 35.9 Å². The van der Waals surface area contributed by atoms with Gasteiger partial charge in [0.1, 0.15) is 0 Å². The number of hydrogen-bond acceptors (Lipinski definition) is 4. The Morgan fingerprint density at radius 3 is 2.31 bits per heavy atom. The number of benzene rings is 1. The zero-order chi connectivity index (χ0) is 18.5. The molecule has 26 heavy (non-hydrogen) atoms. The number of hydrogen-bond donors (Lipinski definition) is 0. The summed E-state index contributed by atoms with van der Waals surface area (Å²) in [6.07, 6.45) is 0. The van der Waals surface area contributed by atoms with E-state index in [9.17, 15) is 9.59 Å². The van der Waals surface area contributed by atoms with Gasteiger partial charge in [-0.05, 0) is 31.0 Å². The third-order valence-corrected chi connectivity index (χ3v) is 5.49. The second kappa shape index (κ2) is 8.47. The number of amides is 2. The van der Waals surface area contributed by atoms with Crippen LogP contribution in [0.2, 0.25) is 0 Å². The van der Waals surface area contributed by atoms with Gasteiger partial charge in [0.2, 0.25) is 5.91 Å². The van der Waals surface area contributed by atoms with Crippen LogP contribution in [0.3, 0.4) is 0 Å². The van der Waals surface area contributed by atoms with E-state index in [-0.39, 0.29) is 11.8 Å². The summed E-state index contributed by atoms with van der Waals surface area (Å²) in [5, 5.41) is 1.91. The molecule has 0 aliphatic carbocycles. The molecule has 1 aromatic heterocycles. The van der Waals surface area contributed by atoms with Crippen LogP contribution < -0.4 is 0 Å². The third kappa shape index (κ3) is 4.71. The van der Waals surface area contributed by atoms with Crippen LogP contribution >= 0.6 is 11.3 Å². The van der Waals surface area contributed by atoms with Gasteiger partial charge in [0.15, 0.2) is 0 Å². The van der Waals surface area contributed by atoms with Crippen LogP contribution in [0, 0.1) is 6.92 Å². The molecule has 138 valence electrons. The number of piperazine rings is 1. The van der Waals surface area contributed by atoms with Crippen LogP contribution in [-0.4, -0.2) is 66.3 Å². The predicted octanol–water partition coefficient (Wildman–Crippen LogP) is 2.47. The van der Waals surface area contributed by atoms with Gasteiger partial charge < -0.3 is 9.80 Å². The molecule has 1 saturated heterocycles. The molecule has 1 aliphatic heterocycles. The fraction of sp³-hybridized carbons (Fsp3) is 0.400. The molecule has 2 heterocycles. The molecule has 5 nitrogen and oxygen atoms in total. The lowest BCUT2D eigenvalue weighted by atomic mass is 10.1. The summed E-state index contributed by atoms with van der Waals surface area (Å²) in [6, 6.07) is 12.1. The standard InChI is InChI=1S/C20H25N3O2S/c1-16-5-7-17(8-6-16)14-21(2)15-19(24)22-9-11-23(12-10-22)20(25)18-4-3-13-26-18/h3-8,13H,9-12,14-15H2,1-2H3. The highest BCUT2D eigenvalue weighted by Gasteiger charge is 2.25. The minimum Gasteiger partial charge on any atom is -0.338 e. The Morgan fingerprint density at radius 1 is 1.04 bits per heavy atom. The molecule has 0 unspecified atom stereocenters. The van der Waals surface area contributed by atoms with Crippen molar-refractivity contribution in [2.24, 2.45) is 0 Å². The Labute approximate surface area is 158 Å². The second-order valence-electron chi connectivity index (χ2n) is 6.81. The smallest absolute Gasteiger partial charge is 0.264 e. The fourth-order valence-electron chi connectivity index (χ4n) is 3.11. The number of thiophene rings is 1. The molecule has 2 amide bonds. The zero-order valence-corrected chi connectivity index (χ0v) is 16.2. The Morgan fingerprint density at radius 2 is 1.69 bits per heavy atom. The normalized spacial score (nSPS) is 14.7. The largest absolute Gasteiger partial charge is 0.338 e. The average molecular weight is 372 g/mol. The zero-order valence-electron chi connectivity index (χ0n) is 15.4. The summed E-state index contributed by atoms with van der Waals surface area (Å²) < 4.78 is 0. The maximum Gasteiger partial charge on any atom is 0.264 e. The maximum absolute atomic E-state index is 12.5. The SMILES string of the molecule is Cc1ccc(CN(C)CC(=O)N2CCN(C(=O)c3cccs3)CC2)cc1. The van der Waals surface area contributed by atoms with Crippen molar-refractivity contribution in [1.82, 2.24) is 14.7 Å². The van der Waals surface area contributed by atoms with E-state index >= 15 is 0 Å². The third-order valence-electron chi connectivity index (χ3n) is 4.63. The molecule has 0 radical (unpaired) electrons. The van der Waals surface area contributed by atoms with E-state index in [4.69, 9.17) is 0 Å². The number of rotatable bonds is 5. The van der Waals surface area contributed by atoms with Crippen LogP contribution in [0.4, 0.5) is 0 Å². The molecule has 1 aliphatic rings. The quantitative estimate of drug-likeness (QED) is 0.811. The number of nitrogens with zero attached hydrogens (tertiary/aromatic N) is 3. The first-order chi connectivity index (χ1) is 12.5. The predicted molar refractivity (Wildman–Crippen MR) is 104 cm³/mol. The molecule has 3 rings (SSSR count). The van der Waals surface area contributed by atoms with Crippen molar-refractivity contribution in [2.75, 3.05) is 39.8 Å². The van der Waals surface area contributed by atoms with Crippen molar-refractivity contribution in [3.05, 3.63) is 57.8 Å². The molecule has 2 aromatic rings. The topological polar surface area (TPSA) is 43.9 Å². The summed E-state index contributed by atoms with van der Waals surface area (Å²) in [7, 11) is 1.97. The molecule has 0 spiro atoms. The van der Waals surface area contributed by atoms with Crippen LogP contribution in [0.1, 0.15) is 20.8 Å². The summed E-state index contributed by atoms with van der Waals surface area (Å²) in [6.45, 7) is 5.63. The lowest BCUT2D eigenvalue weighted by Crippen LogP contribution is -2.52. The minimum atomic E-state index is 0.0728. The molecular weight excluding hydrogens is 346 g/mol. The monoisotopic (exact) mass is 371 g/mol. The fourth-order valence-corrected chi connectivity index (χ4v) is 3.80. The summed E-state index contributed by atoms with van der Waals surface area (Å²) in [5.74, 6) is 0.200. The number of carbonyl (C=O) groups is 2. The van der Waals surface area contributed by atoms with E-state index in [0.29, 0.717) is 32.7 Å². The van der Waals surface area contributed by atoms with Crippen molar-refractivity contribution in [1.29, 1.82) is 0 Å². The molecule has 1 fully saturated rings. The lowest BCUT2D eigenvalue weighted by Gasteiger charge is -2.35. The van der Waals surface area contributed by atoms with Crippen molar-refractivity contribution in [3.8, 4) is 0 Å². The average Bonchev–Trinajstić information content (AvgIpc) is 3.18. The highest BCUT2D eigenvalue weighted by atomic mass is 32.1. The molecule has 0 N–H and O–H groups in total. The van der Waals surface area contributed by atoms with Crippen LogP contribution in [-0.2, 0) is 11.3 Å². The molecule has 6 heteroatoms. The maximum atomic E-state index is 12.5. The van der Waals surface area contributed by atoms with Gasteiger partial charge in [-0.3, -0.25) is 14.5 Å². The lowest BCUT2D eigenvalue weighted by molar-refractivity contribution is -0.133. The summed E-state index contributed by atoms with van der Waals surface area (Å²) >= 11 is 1.46. The van der Waals surface area contributed by atoms with Crippen LogP contribution in [0.25, 0.3) is 0 Å². The van der Waals surface area contributed by atoms with Gasteiger partial charge in [-0.2, -0.15) is 0 Å². The second-order valence-corrected chi connectivity index (χ2v) is 7.76. The van der Waals surface area contributed by atoms with E-state index in [1.165, 1.54) is 22.5 Å². The van der Waals surface area contributed by atoms with Gasteiger partial charge in [-0.25, -0.2) is 0 Å². The number of likely N-dealkylation sites (N-methyl/N-ethyl adjacent to an activating group) is 1. The number of aryl methyl sites for hydroxylation is 1. The summed E-state index contributed by atoms with van der Waals surface area (Å²) in [5.41, 5.74) is 2.44. The van der Waals surface area contributed by atoms with E-state index in [0.717, 1.165) is 11.4 Å². The molecule has 0 bridgehead atoms. The minimum absolute atomic E-state index is 0.0728. The Balaban J connectivity index is 1.46. The Bertz CT molecular complexity index is 735. The Hall–Kier alpha value is -2.18. The van der Waals surface area contributed by atoms with Crippen molar-refractivity contribution >= 4 is 23.2 Å².